The molecule has 1 N–H and O–H groups in total. The monoisotopic (exact) mass is 373 g/mol. The lowest BCUT2D eigenvalue weighted by Crippen LogP contribution is -2.51. The zero-order valence-corrected chi connectivity index (χ0v) is 15.2. The van der Waals surface area contributed by atoms with E-state index in [0.29, 0.717) is 48.2 Å². The number of hydrogen-bond donors (Lipinski definition) is 1. The van der Waals surface area contributed by atoms with Gasteiger partial charge in [-0.15, -0.1) is 0 Å². The van der Waals surface area contributed by atoms with Gasteiger partial charge in [0, 0.05) is 36.9 Å². The van der Waals surface area contributed by atoms with E-state index in [1.54, 1.807) is 53.3 Å². The number of para-hydroxylation sites is 1. The summed E-state index contributed by atoms with van der Waals surface area (Å²) in [6, 6.07) is 14.0. The first-order valence-corrected chi connectivity index (χ1v) is 8.70. The molecule has 1 saturated heterocycles. The Morgan fingerprint density at radius 1 is 1.00 bits per heavy atom. The lowest BCUT2D eigenvalue weighted by molar-refractivity contribution is 0.0668. The zero-order chi connectivity index (χ0) is 18.5. The van der Waals surface area contributed by atoms with E-state index in [9.17, 15) is 9.59 Å². The van der Waals surface area contributed by atoms with E-state index in [2.05, 4.69) is 5.32 Å². The number of nitrogens with zero attached hydrogens (tertiary/aromatic N) is 2. The minimum atomic E-state index is -0.198. The summed E-state index contributed by atoms with van der Waals surface area (Å²) in [5.41, 5.74) is 1.18. The van der Waals surface area contributed by atoms with Crippen LogP contribution in [0.25, 0.3) is 0 Å². The third kappa shape index (κ3) is 4.08. The molecule has 3 amide bonds. The number of amides is 3. The molecule has 2 aromatic rings. The van der Waals surface area contributed by atoms with Gasteiger partial charge in [0.25, 0.3) is 5.91 Å². The van der Waals surface area contributed by atoms with Gasteiger partial charge in [0.1, 0.15) is 5.75 Å². The fourth-order valence-electron chi connectivity index (χ4n) is 2.87. The molecule has 0 unspecified atom stereocenters. The Labute approximate surface area is 157 Å². The van der Waals surface area contributed by atoms with Crippen molar-refractivity contribution in [2.45, 2.75) is 0 Å². The van der Waals surface area contributed by atoms with E-state index in [1.165, 1.54) is 0 Å². The van der Waals surface area contributed by atoms with Crippen LogP contribution >= 0.6 is 11.6 Å². The van der Waals surface area contributed by atoms with E-state index in [-0.39, 0.29) is 11.9 Å². The summed E-state index contributed by atoms with van der Waals surface area (Å²) < 4.78 is 5.26. The number of urea groups is 1. The Hall–Kier alpha value is -2.73. The van der Waals surface area contributed by atoms with Crippen LogP contribution in [-0.2, 0) is 0 Å². The van der Waals surface area contributed by atoms with E-state index in [0.717, 1.165) is 0 Å². The van der Waals surface area contributed by atoms with E-state index in [4.69, 9.17) is 16.3 Å². The molecule has 0 aliphatic carbocycles. The highest BCUT2D eigenvalue weighted by Gasteiger charge is 2.26. The number of halogens is 1. The average molecular weight is 374 g/mol. The maximum atomic E-state index is 12.7. The molecule has 0 saturated carbocycles. The summed E-state index contributed by atoms with van der Waals surface area (Å²) in [7, 11) is 1.55. The first-order valence-electron chi connectivity index (χ1n) is 8.32. The third-order valence-corrected chi connectivity index (χ3v) is 4.50. The number of methoxy groups -OCH3 is 1. The van der Waals surface area contributed by atoms with Crippen LogP contribution in [0, 0.1) is 0 Å². The molecule has 0 bridgehead atoms. The number of carbonyl (C=O) groups excluding carboxylic acids is 2. The molecule has 1 heterocycles. The topological polar surface area (TPSA) is 61.9 Å². The zero-order valence-electron chi connectivity index (χ0n) is 14.4. The maximum absolute atomic E-state index is 12.7. The molecule has 0 aromatic heterocycles. The maximum Gasteiger partial charge on any atom is 0.321 e. The van der Waals surface area contributed by atoms with Crippen molar-refractivity contribution in [1.82, 2.24) is 9.80 Å². The van der Waals surface area contributed by atoms with Crippen LogP contribution in [0.5, 0.6) is 5.75 Å². The quantitative estimate of drug-likeness (QED) is 0.897. The molecule has 0 spiro atoms. The van der Waals surface area contributed by atoms with Gasteiger partial charge >= 0.3 is 6.03 Å². The van der Waals surface area contributed by atoms with Gasteiger partial charge < -0.3 is 19.9 Å². The standard InChI is InChI=1S/C19H20ClN3O3/c1-26-17-8-3-2-7-16(17)18(24)22-9-11-23(12-10-22)19(25)21-15-6-4-5-14(20)13-15/h2-8,13H,9-12H2,1H3,(H,21,25). The third-order valence-electron chi connectivity index (χ3n) is 4.27. The molecule has 1 aliphatic rings. The highest BCUT2D eigenvalue weighted by molar-refractivity contribution is 6.30. The predicted molar refractivity (Wildman–Crippen MR) is 101 cm³/mol. The van der Waals surface area contributed by atoms with Crippen LogP contribution in [-0.4, -0.2) is 55.0 Å². The Kier molecular flexibility index (Phi) is 5.63. The fraction of sp³-hybridized carbons (Fsp3) is 0.263. The summed E-state index contributed by atoms with van der Waals surface area (Å²) in [6.07, 6.45) is 0. The number of ether oxygens (including phenoxy) is 1. The molecule has 6 nitrogen and oxygen atoms in total. The van der Waals surface area contributed by atoms with Gasteiger partial charge in [0.15, 0.2) is 0 Å². The van der Waals surface area contributed by atoms with Crippen LogP contribution in [0.2, 0.25) is 5.02 Å². The van der Waals surface area contributed by atoms with Crippen molar-refractivity contribution in [3.8, 4) is 5.75 Å². The molecule has 136 valence electrons. The van der Waals surface area contributed by atoms with Crippen LogP contribution in [0.1, 0.15) is 10.4 Å². The molecule has 0 radical (unpaired) electrons. The summed E-state index contributed by atoms with van der Waals surface area (Å²) in [4.78, 5) is 28.5. The number of nitrogens with one attached hydrogen (secondary N) is 1. The van der Waals surface area contributed by atoms with E-state index < -0.39 is 0 Å². The van der Waals surface area contributed by atoms with Crippen molar-refractivity contribution in [2.24, 2.45) is 0 Å². The van der Waals surface area contributed by atoms with Crippen LogP contribution < -0.4 is 10.1 Å². The molecular formula is C19H20ClN3O3. The van der Waals surface area contributed by atoms with Gasteiger partial charge in [-0.2, -0.15) is 0 Å². The van der Waals surface area contributed by atoms with Gasteiger partial charge in [-0.05, 0) is 30.3 Å². The molecule has 3 rings (SSSR count). The Morgan fingerprint density at radius 2 is 1.69 bits per heavy atom. The van der Waals surface area contributed by atoms with Gasteiger partial charge in [-0.25, -0.2) is 4.79 Å². The summed E-state index contributed by atoms with van der Waals surface area (Å²) in [5, 5.41) is 3.39. The Morgan fingerprint density at radius 3 is 2.38 bits per heavy atom. The first kappa shape index (κ1) is 18.1. The minimum absolute atomic E-state index is 0.0858. The largest absolute Gasteiger partial charge is 0.496 e. The number of piperazine rings is 1. The predicted octanol–water partition coefficient (Wildman–Crippen LogP) is 3.34. The molecule has 2 aromatic carbocycles. The number of carbonyl (C=O) groups is 2. The van der Waals surface area contributed by atoms with Gasteiger partial charge in [0.05, 0.1) is 12.7 Å². The number of benzene rings is 2. The van der Waals surface area contributed by atoms with Crippen molar-refractivity contribution < 1.29 is 14.3 Å². The average Bonchev–Trinajstić information content (AvgIpc) is 2.67. The molecule has 1 aliphatic heterocycles. The van der Waals surface area contributed by atoms with Crippen LogP contribution in [0.3, 0.4) is 0 Å². The van der Waals surface area contributed by atoms with Crippen LogP contribution in [0.15, 0.2) is 48.5 Å². The second kappa shape index (κ2) is 8.10. The number of anilines is 1. The summed E-state index contributed by atoms with van der Waals surface area (Å²) in [6.45, 7) is 1.88. The molecule has 0 atom stereocenters. The normalized spacial score (nSPS) is 14.1. The highest BCUT2D eigenvalue weighted by atomic mass is 35.5. The summed E-state index contributed by atoms with van der Waals surface area (Å²) >= 11 is 5.93. The van der Waals surface area contributed by atoms with E-state index in [1.807, 2.05) is 12.1 Å². The van der Waals surface area contributed by atoms with Crippen LogP contribution in [0.4, 0.5) is 10.5 Å². The highest BCUT2D eigenvalue weighted by Crippen LogP contribution is 2.20. The van der Waals surface area contributed by atoms with E-state index >= 15 is 0 Å². The molecular weight excluding hydrogens is 354 g/mol. The molecule has 26 heavy (non-hydrogen) atoms. The van der Waals surface area contributed by atoms with Gasteiger partial charge in [0.2, 0.25) is 0 Å². The van der Waals surface area contributed by atoms with Crippen molar-refractivity contribution in [2.75, 3.05) is 38.6 Å². The Bertz CT molecular complexity index is 804. The summed E-state index contributed by atoms with van der Waals surface area (Å²) in [5.74, 6) is 0.468. The fourth-order valence-corrected chi connectivity index (χ4v) is 3.06. The number of hydrogen-bond acceptors (Lipinski definition) is 3. The Balaban J connectivity index is 1.58. The van der Waals surface area contributed by atoms with Crippen molar-refractivity contribution in [3.63, 3.8) is 0 Å². The second-order valence-corrected chi connectivity index (χ2v) is 6.36. The SMILES string of the molecule is COc1ccccc1C(=O)N1CCN(C(=O)Nc2cccc(Cl)c2)CC1. The second-order valence-electron chi connectivity index (χ2n) is 5.92. The van der Waals surface area contributed by atoms with Gasteiger partial charge in [-0.1, -0.05) is 29.8 Å². The van der Waals surface area contributed by atoms with Crippen molar-refractivity contribution >= 4 is 29.2 Å². The minimum Gasteiger partial charge on any atom is -0.496 e. The molecule has 7 heteroatoms. The van der Waals surface area contributed by atoms with Crippen molar-refractivity contribution in [3.05, 3.63) is 59.1 Å². The smallest absolute Gasteiger partial charge is 0.321 e. The number of rotatable bonds is 3. The molecule has 1 fully saturated rings. The lowest BCUT2D eigenvalue weighted by Gasteiger charge is -2.35. The van der Waals surface area contributed by atoms with Gasteiger partial charge in [-0.3, -0.25) is 4.79 Å². The first-order chi connectivity index (χ1) is 12.6. The van der Waals surface area contributed by atoms with Crippen molar-refractivity contribution in [1.29, 1.82) is 0 Å². The lowest BCUT2D eigenvalue weighted by atomic mass is 10.1.